The first-order chi connectivity index (χ1) is 17.7. The van der Waals surface area contributed by atoms with Gasteiger partial charge in [0.15, 0.2) is 5.75 Å². The van der Waals surface area contributed by atoms with Crippen molar-refractivity contribution in [2.75, 3.05) is 6.61 Å². The fourth-order valence-corrected chi connectivity index (χ4v) is 4.06. The van der Waals surface area contributed by atoms with Crippen molar-refractivity contribution in [1.29, 1.82) is 0 Å². The molecule has 0 aliphatic carbocycles. The molecule has 5 heteroatoms. The van der Waals surface area contributed by atoms with Gasteiger partial charge >= 0.3 is 5.63 Å². The van der Waals surface area contributed by atoms with Gasteiger partial charge < -0.3 is 18.6 Å². The van der Waals surface area contributed by atoms with E-state index in [1.807, 2.05) is 72.8 Å². The predicted molar refractivity (Wildman–Crippen MR) is 143 cm³/mol. The van der Waals surface area contributed by atoms with E-state index in [-0.39, 0.29) is 5.75 Å². The fourth-order valence-electron chi connectivity index (χ4n) is 4.06. The van der Waals surface area contributed by atoms with Gasteiger partial charge in [-0.15, -0.1) is 0 Å². The Kier molecular flexibility index (Phi) is 9.03. The molecule has 1 atom stereocenters. The van der Waals surface area contributed by atoms with Gasteiger partial charge in [0.05, 0.1) is 12.0 Å². The van der Waals surface area contributed by atoms with Crippen molar-refractivity contribution in [3.63, 3.8) is 0 Å². The number of unbranched alkanes of at least 4 members (excludes halogenated alkanes) is 1. The van der Waals surface area contributed by atoms with Crippen molar-refractivity contribution in [2.45, 2.75) is 52.7 Å². The van der Waals surface area contributed by atoms with Crippen molar-refractivity contribution in [2.24, 2.45) is 5.92 Å². The molecule has 1 heterocycles. The highest BCUT2D eigenvalue weighted by Gasteiger charge is 2.20. The second kappa shape index (κ2) is 12.8. The topological polar surface area (TPSA) is 57.9 Å². The van der Waals surface area contributed by atoms with Crippen LogP contribution in [0.3, 0.4) is 0 Å². The van der Waals surface area contributed by atoms with Crippen molar-refractivity contribution < 1.29 is 18.6 Å². The number of benzene rings is 3. The molecule has 0 aliphatic rings. The van der Waals surface area contributed by atoms with Crippen molar-refractivity contribution in [3.8, 4) is 17.2 Å². The zero-order valence-corrected chi connectivity index (χ0v) is 21.1. The van der Waals surface area contributed by atoms with Crippen LogP contribution in [0.15, 0.2) is 88.1 Å². The second-order valence-corrected chi connectivity index (χ2v) is 8.98. The van der Waals surface area contributed by atoms with Gasteiger partial charge in [0, 0.05) is 6.07 Å². The number of ether oxygens (including phenoxy) is 3. The lowest BCUT2D eigenvalue weighted by molar-refractivity contribution is 0.208. The monoisotopic (exact) mass is 486 g/mol. The Balaban J connectivity index is 1.62. The maximum Gasteiger partial charge on any atom is 0.383 e. The molecule has 3 aromatic carbocycles. The molecule has 0 radical (unpaired) electrons. The zero-order chi connectivity index (χ0) is 25.2. The van der Waals surface area contributed by atoms with E-state index >= 15 is 0 Å². The zero-order valence-electron chi connectivity index (χ0n) is 21.1. The van der Waals surface area contributed by atoms with Crippen LogP contribution in [0.1, 0.15) is 50.7 Å². The normalized spacial score (nSPS) is 11.8. The van der Waals surface area contributed by atoms with E-state index in [2.05, 4.69) is 13.8 Å². The first-order valence-corrected chi connectivity index (χ1v) is 12.7. The summed E-state index contributed by atoms with van der Waals surface area (Å²) in [6, 6.07) is 25.2. The Labute approximate surface area is 212 Å². The molecule has 0 saturated heterocycles. The SMILES string of the molecule is CCCCC(CC)COc1c(OCc2ccccc2)c2ccc(OCc3ccccc3)cc2oc1=O. The predicted octanol–water partition coefficient (Wildman–Crippen LogP) is 7.55. The molecule has 4 aromatic rings. The Bertz CT molecular complexity index is 1280. The van der Waals surface area contributed by atoms with E-state index < -0.39 is 5.63 Å². The summed E-state index contributed by atoms with van der Waals surface area (Å²) in [5, 5.41) is 0.675. The summed E-state index contributed by atoms with van der Waals surface area (Å²) in [5.74, 6) is 1.52. The standard InChI is InChI=1S/C31H34O5/c1-3-5-12-23(4-2)20-35-30-29(34-22-25-15-10-7-11-16-25)27-18-17-26(19-28(27)36-31(30)32)33-21-24-13-8-6-9-14-24/h6-11,13-19,23H,3-5,12,20-22H2,1-2H3. The summed E-state index contributed by atoms with van der Waals surface area (Å²) in [5.41, 5.74) is 1.92. The molecule has 0 fully saturated rings. The third-order valence-corrected chi connectivity index (χ3v) is 6.27. The molecular weight excluding hydrogens is 452 g/mol. The van der Waals surface area contributed by atoms with E-state index in [4.69, 9.17) is 18.6 Å². The smallest absolute Gasteiger partial charge is 0.383 e. The van der Waals surface area contributed by atoms with Gasteiger partial charge in [-0.25, -0.2) is 4.79 Å². The van der Waals surface area contributed by atoms with Crippen molar-refractivity contribution in [3.05, 3.63) is 100 Å². The van der Waals surface area contributed by atoms with E-state index in [0.29, 0.717) is 48.2 Å². The van der Waals surface area contributed by atoms with Crippen molar-refractivity contribution >= 4 is 11.0 Å². The molecule has 0 aliphatic heterocycles. The highest BCUT2D eigenvalue weighted by Crippen LogP contribution is 2.36. The first-order valence-electron chi connectivity index (χ1n) is 12.7. The number of hydrogen-bond acceptors (Lipinski definition) is 5. The third-order valence-electron chi connectivity index (χ3n) is 6.27. The molecule has 36 heavy (non-hydrogen) atoms. The van der Waals surface area contributed by atoms with E-state index in [0.717, 1.165) is 36.8 Å². The molecule has 0 amide bonds. The number of rotatable bonds is 13. The molecule has 5 nitrogen and oxygen atoms in total. The lowest BCUT2D eigenvalue weighted by atomic mass is 10.0. The molecule has 0 saturated carbocycles. The Morgan fingerprint density at radius 3 is 2.08 bits per heavy atom. The summed E-state index contributed by atoms with van der Waals surface area (Å²) < 4.78 is 23.9. The summed E-state index contributed by atoms with van der Waals surface area (Å²) in [6.07, 6.45) is 4.32. The average Bonchev–Trinajstić information content (AvgIpc) is 2.92. The highest BCUT2D eigenvalue weighted by atomic mass is 16.5. The van der Waals surface area contributed by atoms with Gasteiger partial charge in [-0.05, 0) is 35.6 Å². The van der Waals surface area contributed by atoms with Crippen LogP contribution in [0.5, 0.6) is 17.2 Å². The number of fused-ring (bicyclic) bond motifs is 1. The van der Waals surface area contributed by atoms with Gasteiger partial charge in [0.25, 0.3) is 0 Å². The van der Waals surface area contributed by atoms with Crippen LogP contribution in [-0.4, -0.2) is 6.61 Å². The Morgan fingerprint density at radius 1 is 0.778 bits per heavy atom. The molecule has 0 bridgehead atoms. The average molecular weight is 487 g/mol. The van der Waals surface area contributed by atoms with Gasteiger partial charge in [-0.1, -0.05) is 93.8 Å². The minimum absolute atomic E-state index is 0.131. The van der Waals surface area contributed by atoms with Crippen LogP contribution >= 0.6 is 0 Å². The van der Waals surface area contributed by atoms with E-state index in [1.165, 1.54) is 0 Å². The third kappa shape index (κ3) is 6.69. The molecule has 4 rings (SSSR count). The minimum atomic E-state index is -0.545. The lowest BCUT2D eigenvalue weighted by Gasteiger charge is -2.18. The molecule has 0 N–H and O–H groups in total. The minimum Gasteiger partial charge on any atom is -0.489 e. The Hall–Kier alpha value is -3.73. The highest BCUT2D eigenvalue weighted by molar-refractivity contribution is 5.86. The lowest BCUT2D eigenvalue weighted by Crippen LogP contribution is -2.16. The number of hydrogen-bond donors (Lipinski definition) is 0. The van der Waals surface area contributed by atoms with E-state index in [1.54, 1.807) is 6.07 Å². The van der Waals surface area contributed by atoms with Crippen LogP contribution in [0.2, 0.25) is 0 Å². The maximum atomic E-state index is 13.1. The molecule has 0 spiro atoms. The summed E-state index contributed by atoms with van der Waals surface area (Å²) >= 11 is 0. The molecule has 188 valence electrons. The van der Waals surface area contributed by atoms with Crippen LogP contribution in [0, 0.1) is 5.92 Å². The molecule has 1 aromatic heterocycles. The van der Waals surface area contributed by atoms with Crippen LogP contribution in [0.25, 0.3) is 11.0 Å². The summed E-state index contributed by atoms with van der Waals surface area (Å²) in [6.45, 7) is 5.52. The van der Waals surface area contributed by atoms with Crippen LogP contribution < -0.4 is 19.8 Å². The van der Waals surface area contributed by atoms with Gasteiger partial charge in [-0.2, -0.15) is 0 Å². The van der Waals surface area contributed by atoms with Crippen LogP contribution in [-0.2, 0) is 13.2 Å². The van der Waals surface area contributed by atoms with E-state index in [9.17, 15) is 4.79 Å². The quantitative estimate of drug-likeness (QED) is 0.183. The second-order valence-electron chi connectivity index (χ2n) is 8.98. The Morgan fingerprint density at radius 2 is 1.44 bits per heavy atom. The van der Waals surface area contributed by atoms with Gasteiger partial charge in [0.2, 0.25) is 5.75 Å². The molecular formula is C31H34O5. The largest absolute Gasteiger partial charge is 0.489 e. The maximum absolute atomic E-state index is 13.1. The summed E-state index contributed by atoms with van der Waals surface area (Å²) in [7, 11) is 0. The van der Waals surface area contributed by atoms with Gasteiger partial charge in [-0.3, -0.25) is 0 Å². The fraction of sp³-hybridized carbons (Fsp3) is 0.323. The van der Waals surface area contributed by atoms with Gasteiger partial charge in [0.1, 0.15) is 24.5 Å². The van der Waals surface area contributed by atoms with Crippen molar-refractivity contribution in [1.82, 2.24) is 0 Å². The van der Waals surface area contributed by atoms with Crippen LogP contribution in [0.4, 0.5) is 0 Å². The first kappa shape index (κ1) is 25.4. The molecule has 1 unspecified atom stereocenters. The summed E-state index contributed by atoms with van der Waals surface area (Å²) in [4.78, 5) is 13.1.